The van der Waals surface area contributed by atoms with Gasteiger partial charge in [0.05, 0.1) is 0 Å². The molecule has 1 saturated heterocycles. The van der Waals surface area contributed by atoms with Crippen molar-refractivity contribution in [2.45, 2.75) is 45.2 Å². The van der Waals surface area contributed by atoms with E-state index in [0.717, 1.165) is 51.1 Å². The Bertz CT molecular complexity index is 880. The molecule has 4 heteroatoms. The third kappa shape index (κ3) is 3.61. The predicted octanol–water partition coefficient (Wildman–Crippen LogP) is 3.79. The van der Waals surface area contributed by atoms with E-state index < -0.39 is 0 Å². The van der Waals surface area contributed by atoms with Crippen molar-refractivity contribution in [2.75, 3.05) is 19.6 Å². The first kappa shape index (κ1) is 18.9. The summed E-state index contributed by atoms with van der Waals surface area (Å²) in [4.78, 5) is 28.1. The second-order valence-electron chi connectivity index (χ2n) is 8.34. The lowest BCUT2D eigenvalue weighted by molar-refractivity contribution is -0.131. The van der Waals surface area contributed by atoms with Crippen molar-refractivity contribution in [3.8, 4) is 0 Å². The summed E-state index contributed by atoms with van der Waals surface area (Å²) >= 11 is 0. The van der Waals surface area contributed by atoms with E-state index in [1.165, 1.54) is 16.7 Å². The largest absolute Gasteiger partial charge is 0.338 e. The topological polar surface area (TPSA) is 40.6 Å². The average Bonchev–Trinajstić information content (AvgIpc) is 2.70. The van der Waals surface area contributed by atoms with E-state index in [4.69, 9.17) is 0 Å². The Morgan fingerprint density at radius 2 is 1.64 bits per heavy atom. The minimum Gasteiger partial charge on any atom is -0.338 e. The number of carbonyl (C=O) groups is 2. The van der Waals surface area contributed by atoms with Crippen LogP contribution in [0.3, 0.4) is 0 Å². The molecule has 0 aromatic heterocycles. The third-order valence-corrected chi connectivity index (χ3v) is 6.47. The van der Waals surface area contributed by atoms with Gasteiger partial charge in [0.25, 0.3) is 0 Å². The zero-order valence-corrected chi connectivity index (χ0v) is 16.8. The standard InChI is InChI=1S/C24H28N2O2/c1-18(27)21-9-7-20(8-10-21)15-25-13-11-24(12-14-25)17-26(19(2)28)16-22-5-3-4-6-23(22)24/h3-10H,11-17H2,1-2H3. The number of Topliss-reactive ketones (excluding diaryl/α,β-unsaturated/α-hetero) is 1. The number of nitrogens with zero attached hydrogens (tertiary/aromatic N) is 2. The van der Waals surface area contributed by atoms with E-state index in [2.05, 4.69) is 41.3 Å². The molecule has 2 aliphatic heterocycles. The highest BCUT2D eigenvalue weighted by atomic mass is 16.2. The van der Waals surface area contributed by atoms with Gasteiger partial charge in [0, 0.05) is 37.5 Å². The van der Waals surface area contributed by atoms with Gasteiger partial charge in [0.1, 0.15) is 0 Å². The van der Waals surface area contributed by atoms with Gasteiger partial charge in [0.2, 0.25) is 5.91 Å². The van der Waals surface area contributed by atoms with Gasteiger partial charge in [-0.1, -0.05) is 48.5 Å². The van der Waals surface area contributed by atoms with Crippen LogP contribution in [0.5, 0.6) is 0 Å². The van der Waals surface area contributed by atoms with Gasteiger partial charge in [-0.15, -0.1) is 0 Å². The SMILES string of the molecule is CC(=O)c1ccc(CN2CCC3(CC2)CN(C(C)=O)Cc2ccccc23)cc1. The van der Waals surface area contributed by atoms with Crippen LogP contribution >= 0.6 is 0 Å². The maximum atomic E-state index is 12.1. The van der Waals surface area contributed by atoms with E-state index in [-0.39, 0.29) is 17.1 Å². The highest BCUT2D eigenvalue weighted by Crippen LogP contribution is 2.42. The first-order chi connectivity index (χ1) is 13.5. The number of rotatable bonds is 3. The molecule has 1 fully saturated rings. The number of piperidine rings is 1. The molecule has 4 rings (SSSR count). The zero-order chi connectivity index (χ0) is 19.7. The minimum absolute atomic E-state index is 0.0789. The number of ketones is 1. The van der Waals surface area contributed by atoms with Crippen LogP contribution in [0.15, 0.2) is 48.5 Å². The monoisotopic (exact) mass is 376 g/mol. The lowest BCUT2D eigenvalue weighted by Crippen LogP contribution is -2.52. The highest BCUT2D eigenvalue weighted by Gasteiger charge is 2.42. The predicted molar refractivity (Wildman–Crippen MR) is 110 cm³/mol. The molecule has 2 heterocycles. The van der Waals surface area contributed by atoms with Gasteiger partial charge in [-0.25, -0.2) is 0 Å². The Kier molecular flexibility index (Phi) is 5.07. The van der Waals surface area contributed by atoms with Crippen molar-refractivity contribution >= 4 is 11.7 Å². The van der Waals surface area contributed by atoms with Crippen molar-refractivity contribution in [3.05, 3.63) is 70.8 Å². The number of amides is 1. The molecule has 0 saturated carbocycles. The smallest absolute Gasteiger partial charge is 0.219 e. The first-order valence-electron chi connectivity index (χ1n) is 10.1. The first-order valence-corrected chi connectivity index (χ1v) is 10.1. The quantitative estimate of drug-likeness (QED) is 0.766. The molecule has 2 aromatic carbocycles. The van der Waals surface area contributed by atoms with Crippen LogP contribution in [0.4, 0.5) is 0 Å². The molecule has 146 valence electrons. The van der Waals surface area contributed by atoms with Crippen LogP contribution in [-0.2, 0) is 23.3 Å². The summed E-state index contributed by atoms with van der Waals surface area (Å²) < 4.78 is 0. The molecule has 4 nitrogen and oxygen atoms in total. The summed E-state index contributed by atoms with van der Waals surface area (Å²) in [5.41, 5.74) is 4.84. The van der Waals surface area contributed by atoms with Gasteiger partial charge in [-0.3, -0.25) is 14.5 Å². The molecule has 0 unspecified atom stereocenters. The van der Waals surface area contributed by atoms with Gasteiger partial charge in [-0.05, 0) is 49.5 Å². The highest BCUT2D eigenvalue weighted by molar-refractivity contribution is 5.94. The number of carbonyl (C=O) groups excluding carboxylic acids is 2. The van der Waals surface area contributed by atoms with Crippen LogP contribution < -0.4 is 0 Å². The van der Waals surface area contributed by atoms with Gasteiger partial charge >= 0.3 is 0 Å². The molecule has 0 atom stereocenters. The van der Waals surface area contributed by atoms with E-state index in [1.807, 2.05) is 17.0 Å². The lowest BCUT2D eigenvalue weighted by atomic mass is 9.69. The number of hydrogen-bond acceptors (Lipinski definition) is 3. The Morgan fingerprint density at radius 1 is 0.964 bits per heavy atom. The average molecular weight is 377 g/mol. The van der Waals surface area contributed by atoms with Crippen molar-refractivity contribution in [1.82, 2.24) is 9.80 Å². The fraction of sp³-hybridized carbons (Fsp3) is 0.417. The second kappa shape index (κ2) is 7.51. The minimum atomic E-state index is 0.0789. The van der Waals surface area contributed by atoms with Crippen molar-refractivity contribution in [1.29, 1.82) is 0 Å². The molecule has 0 bridgehead atoms. The molecular formula is C24H28N2O2. The van der Waals surface area contributed by atoms with Crippen molar-refractivity contribution in [2.24, 2.45) is 0 Å². The van der Waals surface area contributed by atoms with E-state index >= 15 is 0 Å². The summed E-state index contributed by atoms with van der Waals surface area (Å²) in [5.74, 6) is 0.277. The molecule has 0 N–H and O–H groups in total. The maximum Gasteiger partial charge on any atom is 0.219 e. The number of likely N-dealkylation sites (tertiary alicyclic amines) is 1. The molecule has 0 aliphatic carbocycles. The molecule has 0 radical (unpaired) electrons. The Morgan fingerprint density at radius 3 is 2.29 bits per heavy atom. The Balaban J connectivity index is 1.48. The van der Waals surface area contributed by atoms with Gasteiger partial charge < -0.3 is 4.90 Å². The second-order valence-corrected chi connectivity index (χ2v) is 8.34. The molecular weight excluding hydrogens is 348 g/mol. The van der Waals surface area contributed by atoms with Crippen LogP contribution in [0.2, 0.25) is 0 Å². The van der Waals surface area contributed by atoms with Gasteiger partial charge in [0.15, 0.2) is 5.78 Å². The summed E-state index contributed by atoms with van der Waals surface area (Å²) in [6.07, 6.45) is 2.14. The van der Waals surface area contributed by atoms with Crippen LogP contribution in [0.25, 0.3) is 0 Å². The van der Waals surface area contributed by atoms with Crippen LogP contribution in [0.1, 0.15) is 53.7 Å². The maximum absolute atomic E-state index is 12.1. The van der Waals surface area contributed by atoms with Gasteiger partial charge in [-0.2, -0.15) is 0 Å². The molecule has 2 aromatic rings. The summed E-state index contributed by atoms with van der Waals surface area (Å²) in [7, 11) is 0. The van der Waals surface area contributed by atoms with E-state index in [0.29, 0.717) is 0 Å². The summed E-state index contributed by atoms with van der Waals surface area (Å²) in [6, 6.07) is 16.6. The Hall–Kier alpha value is -2.46. The summed E-state index contributed by atoms with van der Waals surface area (Å²) in [6.45, 7) is 7.81. The molecule has 1 spiro atoms. The normalized spacial score (nSPS) is 18.7. The summed E-state index contributed by atoms with van der Waals surface area (Å²) in [5, 5.41) is 0. The van der Waals surface area contributed by atoms with E-state index in [9.17, 15) is 9.59 Å². The Labute approximate surface area is 167 Å². The molecule has 28 heavy (non-hydrogen) atoms. The number of hydrogen-bond donors (Lipinski definition) is 0. The molecule has 2 aliphatic rings. The van der Waals surface area contributed by atoms with Crippen molar-refractivity contribution < 1.29 is 9.59 Å². The lowest BCUT2D eigenvalue weighted by Gasteiger charge is -2.48. The van der Waals surface area contributed by atoms with Crippen LogP contribution in [0, 0.1) is 0 Å². The number of fused-ring (bicyclic) bond motifs is 2. The zero-order valence-electron chi connectivity index (χ0n) is 16.8. The fourth-order valence-corrected chi connectivity index (χ4v) is 4.78. The molecule has 1 amide bonds. The van der Waals surface area contributed by atoms with Crippen molar-refractivity contribution in [3.63, 3.8) is 0 Å². The van der Waals surface area contributed by atoms with Crippen LogP contribution in [-0.4, -0.2) is 41.1 Å². The fourth-order valence-electron chi connectivity index (χ4n) is 4.78. The van der Waals surface area contributed by atoms with E-state index in [1.54, 1.807) is 13.8 Å². The number of benzene rings is 2. The third-order valence-electron chi connectivity index (χ3n) is 6.47.